The molecule has 6 nitrogen and oxygen atoms in total. The van der Waals surface area contributed by atoms with E-state index in [1.807, 2.05) is 6.07 Å². The summed E-state index contributed by atoms with van der Waals surface area (Å²) in [6, 6.07) is 4.45. The second kappa shape index (κ2) is 8.75. The first-order valence-electron chi connectivity index (χ1n) is 7.50. The molecular weight excluding hydrogens is 300 g/mol. The molecule has 2 N–H and O–H groups in total. The number of nitrogens with zero attached hydrogens (tertiary/aromatic N) is 2. The Balaban J connectivity index is 1.92. The standard InChI is InChI=1S/C15H24N4O2S/c1-19(2)14(20)11-17-15(16-10-13-4-3-9-22-13)18-12-5-7-21-8-6-12/h3-4,9,12H,5-8,10-11H2,1-2H3,(H2,16,17,18). The van der Waals surface area contributed by atoms with E-state index in [1.165, 1.54) is 4.88 Å². The lowest BCUT2D eigenvalue weighted by molar-refractivity contribution is -0.127. The quantitative estimate of drug-likeness (QED) is 0.628. The highest BCUT2D eigenvalue weighted by Gasteiger charge is 2.15. The van der Waals surface area contributed by atoms with Crippen LogP contribution in [0.25, 0.3) is 0 Å². The van der Waals surface area contributed by atoms with Gasteiger partial charge >= 0.3 is 0 Å². The number of nitrogens with one attached hydrogen (secondary N) is 2. The minimum atomic E-state index is -0.01000. The first-order valence-corrected chi connectivity index (χ1v) is 8.38. The number of guanidine groups is 1. The fraction of sp³-hybridized carbons (Fsp3) is 0.600. The third-order valence-electron chi connectivity index (χ3n) is 3.44. The first-order chi connectivity index (χ1) is 10.6. The molecule has 1 amide bonds. The van der Waals surface area contributed by atoms with Gasteiger partial charge in [-0.3, -0.25) is 4.79 Å². The lowest BCUT2D eigenvalue weighted by Crippen LogP contribution is -2.45. The number of rotatable bonds is 5. The van der Waals surface area contributed by atoms with Crippen molar-refractivity contribution in [2.75, 3.05) is 33.9 Å². The van der Waals surface area contributed by atoms with Crippen LogP contribution in [-0.2, 0) is 16.1 Å². The first kappa shape index (κ1) is 16.8. The normalized spacial score (nSPS) is 16.4. The zero-order chi connectivity index (χ0) is 15.8. The summed E-state index contributed by atoms with van der Waals surface area (Å²) in [4.78, 5) is 18.9. The van der Waals surface area contributed by atoms with Crippen LogP contribution >= 0.6 is 11.3 Å². The number of amides is 1. The molecule has 1 aliphatic heterocycles. The third-order valence-corrected chi connectivity index (χ3v) is 4.32. The Kier molecular flexibility index (Phi) is 6.67. The average molecular weight is 324 g/mol. The van der Waals surface area contributed by atoms with Gasteiger partial charge in [-0.25, -0.2) is 4.99 Å². The molecule has 1 aliphatic rings. The number of hydrogen-bond acceptors (Lipinski definition) is 4. The van der Waals surface area contributed by atoms with E-state index in [0.29, 0.717) is 18.5 Å². The predicted octanol–water partition coefficient (Wildman–Crippen LogP) is 1.05. The van der Waals surface area contributed by atoms with Crippen LogP contribution in [0.4, 0.5) is 0 Å². The molecule has 0 aliphatic carbocycles. The molecular formula is C15H24N4O2S. The summed E-state index contributed by atoms with van der Waals surface area (Å²) < 4.78 is 5.37. The van der Waals surface area contributed by atoms with Crippen LogP contribution in [-0.4, -0.2) is 56.7 Å². The number of ether oxygens (including phenoxy) is 1. The van der Waals surface area contributed by atoms with E-state index in [-0.39, 0.29) is 12.5 Å². The van der Waals surface area contributed by atoms with Gasteiger partial charge in [-0.15, -0.1) is 11.3 Å². The third kappa shape index (κ3) is 5.65. The molecule has 2 heterocycles. The van der Waals surface area contributed by atoms with Gasteiger partial charge in [0.1, 0.15) is 6.54 Å². The highest BCUT2D eigenvalue weighted by atomic mass is 32.1. The van der Waals surface area contributed by atoms with Crippen LogP contribution in [0.1, 0.15) is 17.7 Å². The molecule has 0 spiro atoms. The Bertz CT molecular complexity index is 482. The zero-order valence-electron chi connectivity index (χ0n) is 13.2. The molecule has 0 saturated carbocycles. The van der Waals surface area contributed by atoms with Crippen molar-refractivity contribution in [2.24, 2.45) is 4.99 Å². The van der Waals surface area contributed by atoms with Gasteiger partial charge < -0.3 is 20.3 Å². The number of carbonyl (C=O) groups excluding carboxylic acids is 1. The molecule has 0 unspecified atom stereocenters. The summed E-state index contributed by atoms with van der Waals surface area (Å²) in [6.07, 6.45) is 1.92. The maximum absolute atomic E-state index is 11.7. The number of likely N-dealkylation sites (N-methyl/N-ethyl adjacent to an activating group) is 1. The minimum Gasteiger partial charge on any atom is -0.381 e. The molecule has 0 bridgehead atoms. The Hall–Kier alpha value is -1.60. The molecule has 0 radical (unpaired) electrons. The molecule has 1 aromatic rings. The van der Waals surface area contributed by atoms with Gasteiger partial charge in [-0.05, 0) is 24.3 Å². The summed E-state index contributed by atoms with van der Waals surface area (Å²) >= 11 is 1.70. The summed E-state index contributed by atoms with van der Waals surface area (Å²) in [7, 11) is 3.48. The largest absolute Gasteiger partial charge is 0.381 e. The lowest BCUT2D eigenvalue weighted by Gasteiger charge is -2.25. The molecule has 1 aromatic heterocycles. The van der Waals surface area contributed by atoms with Crippen LogP contribution < -0.4 is 10.6 Å². The second-order valence-corrected chi connectivity index (χ2v) is 6.45. The molecule has 0 aromatic carbocycles. The second-order valence-electron chi connectivity index (χ2n) is 5.42. The van der Waals surface area contributed by atoms with E-state index in [1.54, 1.807) is 30.3 Å². The molecule has 0 atom stereocenters. The van der Waals surface area contributed by atoms with Crippen molar-refractivity contribution in [2.45, 2.75) is 25.4 Å². The van der Waals surface area contributed by atoms with E-state index in [4.69, 9.17) is 4.74 Å². The molecule has 122 valence electrons. The van der Waals surface area contributed by atoms with Crippen molar-refractivity contribution in [1.82, 2.24) is 15.5 Å². The van der Waals surface area contributed by atoms with Crippen LogP contribution in [0.3, 0.4) is 0 Å². The van der Waals surface area contributed by atoms with Crippen molar-refractivity contribution in [3.05, 3.63) is 22.4 Å². The highest BCUT2D eigenvalue weighted by Crippen LogP contribution is 2.08. The van der Waals surface area contributed by atoms with Gasteiger partial charge in [0.25, 0.3) is 0 Å². The van der Waals surface area contributed by atoms with E-state index in [9.17, 15) is 4.79 Å². The number of hydrogen-bond donors (Lipinski definition) is 2. The van der Waals surface area contributed by atoms with Gasteiger partial charge in [0.05, 0.1) is 6.54 Å². The monoisotopic (exact) mass is 324 g/mol. The van der Waals surface area contributed by atoms with Gasteiger partial charge in [0, 0.05) is 38.2 Å². The summed E-state index contributed by atoms with van der Waals surface area (Å²) in [5.41, 5.74) is 0. The maximum atomic E-state index is 11.7. The van der Waals surface area contributed by atoms with E-state index >= 15 is 0 Å². The van der Waals surface area contributed by atoms with Crippen molar-refractivity contribution in [1.29, 1.82) is 0 Å². The van der Waals surface area contributed by atoms with Gasteiger partial charge in [0.2, 0.25) is 5.91 Å². The maximum Gasteiger partial charge on any atom is 0.243 e. The van der Waals surface area contributed by atoms with Gasteiger partial charge in [0.15, 0.2) is 5.96 Å². The summed E-state index contributed by atoms with van der Waals surface area (Å²) in [6.45, 7) is 2.40. The van der Waals surface area contributed by atoms with Crippen LogP contribution in [0.5, 0.6) is 0 Å². The van der Waals surface area contributed by atoms with Crippen LogP contribution in [0.2, 0.25) is 0 Å². The van der Waals surface area contributed by atoms with E-state index < -0.39 is 0 Å². The number of thiophene rings is 1. The Morgan fingerprint density at radius 3 is 2.86 bits per heavy atom. The Morgan fingerprint density at radius 1 is 1.45 bits per heavy atom. The number of aliphatic imine (C=N–C) groups is 1. The summed E-state index contributed by atoms with van der Waals surface area (Å²) in [5.74, 6) is 0.680. The molecule has 1 saturated heterocycles. The minimum absolute atomic E-state index is 0.01000. The van der Waals surface area contributed by atoms with Crippen molar-refractivity contribution >= 4 is 23.2 Å². The topological polar surface area (TPSA) is 66.0 Å². The zero-order valence-corrected chi connectivity index (χ0v) is 14.0. The highest BCUT2D eigenvalue weighted by molar-refractivity contribution is 7.09. The summed E-state index contributed by atoms with van der Waals surface area (Å²) in [5, 5.41) is 8.76. The van der Waals surface area contributed by atoms with Crippen molar-refractivity contribution in [3.8, 4) is 0 Å². The van der Waals surface area contributed by atoms with Crippen LogP contribution in [0.15, 0.2) is 22.5 Å². The van der Waals surface area contributed by atoms with Crippen molar-refractivity contribution in [3.63, 3.8) is 0 Å². The number of carbonyl (C=O) groups is 1. The lowest BCUT2D eigenvalue weighted by atomic mass is 10.1. The average Bonchev–Trinajstić information content (AvgIpc) is 3.04. The fourth-order valence-corrected chi connectivity index (χ4v) is 2.70. The smallest absolute Gasteiger partial charge is 0.243 e. The molecule has 22 heavy (non-hydrogen) atoms. The van der Waals surface area contributed by atoms with Gasteiger partial charge in [-0.1, -0.05) is 6.07 Å². The van der Waals surface area contributed by atoms with Crippen molar-refractivity contribution < 1.29 is 9.53 Å². The molecule has 1 fully saturated rings. The van der Waals surface area contributed by atoms with Crippen LogP contribution in [0, 0.1) is 0 Å². The van der Waals surface area contributed by atoms with Gasteiger partial charge in [-0.2, -0.15) is 0 Å². The molecule has 2 rings (SSSR count). The van der Waals surface area contributed by atoms with E-state index in [2.05, 4.69) is 27.1 Å². The Labute approximate surface area is 135 Å². The SMILES string of the molecule is CN(C)C(=O)CN=C(NCc1cccs1)NC1CCOCC1. The van der Waals surface area contributed by atoms with E-state index in [0.717, 1.165) is 26.1 Å². The Morgan fingerprint density at radius 2 is 2.23 bits per heavy atom. The predicted molar refractivity (Wildman–Crippen MR) is 89.1 cm³/mol. The molecule has 7 heteroatoms. The fourth-order valence-electron chi connectivity index (χ4n) is 2.06.